The second-order valence-electron chi connectivity index (χ2n) is 6.81. The van der Waals surface area contributed by atoms with Crippen LogP contribution in [0.25, 0.3) is 29.1 Å². The number of benzene rings is 3. The Bertz CT molecular complexity index is 1230. The molecule has 5 nitrogen and oxygen atoms in total. The van der Waals surface area contributed by atoms with Crippen LogP contribution in [0.3, 0.4) is 0 Å². The van der Waals surface area contributed by atoms with Crippen molar-refractivity contribution >= 4 is 23.8 Å². The van der Waals surface area contributed by atoms with Crippen molar-refractivity contribution in [3.63, 3.8) is 0 Å². The molecule has 1 heterocycles. The molecule has 0 fully saturated rings. The molecule has 0 bridgehead atoms. The van der Waals surface area contributed by atoms with Gasteiger partial charge >= 0.3 is 0 Å². The first-order chi connectivity index (χ1) is 15.1. The summed E-state index contributed by atoms with van der Waals surface area (Å²) in [5, 5.41) is 15.7. The Balaban J connectivity index is 1.77. The highest BCUT2D eigenvalue weighted by Gasteiger charge is 2.14. The van der Waals surface area contributed by atoms with Crippen LogP contribution in [0, 0.1) is 0 Å². The van der Waals surface area contributed by atoms with Crippen LogP contribution in [0.15, 0.2) is 72.8 Å². The lowest BCUT2D eigenvalue weighted by Crippen LogP contribution is -1.99. The first-order valence-electron chi connectivity index (χ1n) is 9.63. The van der Waals surface area contributed by atoms with Gasteiger partial charge in [0.15, 0.2) is 11.5 Å². The van der Waals surface area contributed by atoms with Crippen LogP contribution in [0.2, 0.25) is 5.02 Å². The predicted molar refractivity (Wildman–Crippen MR) is 124 cm³/mol. The van der Waals surface area contributed by atoms with Gasteiger partial charge in [-0.15, -0.1) is 0 Å². The Kier molecular flexibility index (Phi) is 5.96. The summed E-state index contributed by atoms with van der Waals surface area (Å²) < 4.78 is 12.5. The average Bonchev–Trinajstić information content (AvgIpc) is 3.23. The molecule has 156 valence electrons. The smallest absolute Gasteiger partial charge is 0.161 e. The number of halogens is 1. The van der Waals surface area contributed by atoms with Gasteiger partial charge in [0.2, 0.25) is 0 Å². The molecule has 1 aromatic heterocycles. The second kappa shape index (κ2) is 8.98. The molecule has 0 unspecified atom stereocenters. The summed E-state index contributed by atoms with van der Waals surface area (Å²) in [6.45, 7) is 0. The van der Waals surface area contributed by atoms with E-state index < -0.39 is 0 Å². The Morgan fingerprint density at radius 3 is 2.39 bits per heavy atom. The van der Waals surface area contributed by atoms with Crippen molar-refractivity contribution in [2.24, 2.45) is 0 Å². The third-order valence-corrected chi connectivity index (χ3v) is 5.05. The topological polar surface area (TPSA) is 56.5 Å². The maximum atomic E-state index is 10.4. The second-order valence-corrected chi connectivity index (χ2v) is 7.25. The summed E-state index contributed by atoms with van der Waals surface area (Å²) in [6.07, 6.45) is 3.85. The van der Waals surface area contributed by atoms with E-state index in [2.05, 4.69) is 0 Å². The van der Waals surface area contributed by atoms with Crippen LogP contribution in [0.5, 0.6) is 17.2 Å². The van der Waals surface area contributed by atoms with E-state index in [-0.39, 0.29) is 5.75 Å². The van der Waals surface area contributed by atoms with Crippen LogP contribution >= 0.6 is 11.6 Å². The zero-order valence-electron chi connectivity index (χ0n) is 17.1. The van der Waals surface area contributed by atoms with Gasteiger partial charge in [0.1, 0.15) is 5.75 Å². The molecule has 4 aromatic rings. The van der Waals surface area contributed by atoms with Crippen LogP contribution < -0.4 is 9.47 Å². The van der Waals surface area contributed by atoms with E-state index in [9.17, 15) is 5.11 Å². The SMILES string of the molecule is COc1ccc(/C=C/c2cc(-c3cc(Cl)ccc3O)n(-c3ccccc3)n2)cc1OC. The Hall–Kier alpha value is -3.70. The van der Waals surface area contributed by atoms with Crippen molar-refractivity contribution in [1.29, 1.82) is 0 Å². The molecule has 0 aliphatic rings. The fraction of sp³-hybridized carbons (Fsp3) is 0.0800. The van der Waals surface area contributed by atoms with Gasteiger partial charge in [-0.2, -0.15) is 5.10 Å². The number of para-hydroxylation sites is 1. The van der Waals surface area contributed by atoms with Gasteiger partial charge in [0.05, 0.1) is 31.3 Å². The molecule has 0 saturated heterocycles. The van der Waals surface area contributed by atoms with Crippen LogP contribution in [0.1, 0.15) is 11.3 Å². The highest BCUT2D eigenvalue weighted by Crippen LogP contribution is 2.34. The van der Waals surface area contributed by atoms with Gasteiger partial charge in [0.25, 0.3) is 0 Å². The number of nitrogens with zero attached hydrogens (tertiary/aromatic N) is 2. The molecule has 0 amide bonds. The summed E-state index contributed by atoms with van der Waals surface area (Å²) in [5.41, 5.74) is 3.89. The zero-order valence-corrected chi connectivity index (χ0v) is 17.9. The Morgan fingerprint density at radius 2 is 1.65 bits per heavy atom. The van der Waals surface area contributed by atoms with E-state index in [1.807, 2.05) is 66.7 Å². The lowest BCUT2D eigenvalue weighted by atomic mass is 10.1. The van der Waals surface area contributed by atoms with Gasteiger partial charge in [-0.25, -0.2) is 4.68 Å². The number of aromatic hydroxyl groups is 1. The number of methoxy groups -OCH3 is 2. The molecular weight excluding hydrogens is 412 g/mol. The first kappa shape index (κ1) is 20.6. The van der Waals surface area contributed by atoms with E-state index in [1.54, 1.807) is 37.1 Å². The van der Waals surface area contributed by atoms with Gasteiger partial charge < -0.3 is 14.6 Å². The fourth-order valence-corrected chi connectivity index (χ4v) is 3.46. The lowest BCUT2D eigenvalue weighted by Gasteiger charge is -2.09. The molecule has 6 heteroatoms. The third-order valence-electron chi connectivity index (χ3n) is 4.82. The van der Waals surface area contributed by atoms with E-state index in [0.29, 0.717) is 22.1 Å². The monoisotopic (exact) mass is 432 g/mol. The minimum atomic E-state index is 0.136. The van der Waals surface area contributed by atoms with Crippen LogP contribution in [-0.4, -0.2) is 29.1 Å². The van der Waals surface area contributed by atoms with Crippen molar-refractivity contribution in [3.8, 4) is 34.2 Å². The van der Waals surface area contributed by atoms with Gasteiger partial charge in [-0.05, 0) is 60.2 Å². The quantitative estimate of drug-likeness (QED) is 0.400. The molecule has 0 aliphatic carbocycles. The molecule has 0 saturated carbocycles. The Morgan fingerprint density at radius 1 is 0.871 bits per heavy atom. The van der Waals surface area contributed by atoms with Gasteiger partial charge in [-0.1, -0.05) is 41.9 Å². The summed E-state index contributed by atoms with van der Waals surface area (Å²) in [5.74, 6) is 1.47. The fourth-order valence-electron chi connectivity index (χ4n) is 3.29. The zero-order chi connectivity index (χ0) is 21.8. The summed E-state index contributed by atoms with van der Waals surface area (Å²) >= 11 is 6.19. The summed E-state index contributed by atoms with van der Waals surface area (Å²) in [6, 6.07) is 22.3. The number of phenols is 1. The van der Waals surface area contributed by atoms with Crippen molar-refractivity contribution in [3.05, 3.63) is 89.1 Å². The molecule has 0 atom stereocenters. The van der Waals surface area contributed by atoms with E-state index in [1.165, 1.54) is 0 Å². The molecule has 3 aromatic carbocycles. The molecule has 1 N–H and O–H groups in total. The number of phenolic OH excluding ortho intramolecular Hbond substituents is 1. The standard InChI is InChI=1S/C25H21ClN2O3/c1-30-24-13-9-17(14-25(24)31-2)8-11-19-16-22(21-15-18(26)10-12-23(21)29)28(27-19)20-6-4-3-5-7-20/h3-16,29H,1-2H3/b11-8+. The molecule has 31 heavy (non-hydrogen) atoms. The predicted octanol–water partition coefficient (Wildman–Crippen LogP) is 6.09. The third kappa shape index (κ3) is 4.42. The minimum Gasteiger partial charge on any atom is -0.507 e. The van der Waals surface area contributed by atoms with Crippen molar-refractivity contribution in [2.75, 3.05) is 14.2 Å². The van der Waals surface area contributed by atoms with Crippen molar-refractivity contribution < 1.29 is 14.6 Å². The Labute approximate surface area is 185 Å². The van der Waals surface area contributed by atoms with E-state index in [4.69, 9.17) is 26.2 Å². The molecule has 4 rings (SSSR count). The molecule has 0 aliphatic heterocycles. The van der Waals surface area contributed by atoms with E-state index in [0.717, 1.165) is 22.6 Å². The maximum absolute atomic E-state index is 10.4. The minimum absolute atomic E-state index is 0.136. The van der Waals surface area contributed by atoms with Gasteiger partial charge in [-0.3, -0.25) is 0 Å². The summed E-state index contributed by atoms with van der Waals surface area (Å²) in [4.78, 5) is 0. The van der Waals surface area contributed by atoms with Crippen molar-refractivity contribution in [2.45, 2.75) is 0 Å². The number of ether oxygens (including phenoxy) is 2. The van der Waals surface area contributed by atoms with Crippen LogP contribution in [-0.2, 0) is 0 Å². The molecular formula is C25H21ClN2O3. The van der Waals surface area contributed by atoms with Gasteiger partial charge in [0, 0.05) is 10.6 Å². The van der Waals surface area contributed by atoms with Crippen molar-refractivity contribution in [1.82, 2.24) is 9.78 Å². The normalized spacial score (nSPS) is 11.1. The van der Waals surface area contributed by atoms with Crippen LogP contribution in [0.4, 0.5) is 0 Å². The number of aromatic nitrogens is 2. The number of hydrogen-bond acceptors (Lipinski definition) is 4. The highest BCUT2D eigenvalue weighted by atomic mass is 35.5. The maximum Gasteiger partial charge on any atom is 0.161 e. The molecule has 0 radical (unpaired) electrons. The first-order valence-corrected chi connectivity index (χ1v) is 10.0. The number of hydrogen-bond donors (Lipinski definition) is 1. The summed E-state index contributed by atoms with van der Waals surface area (Å²) in [7, 11) is 3.22. The number of rotatable bonds is 6. The lowest BCUT2D eigenvalue weighted by molar-refractivity contribution is 0.355. The average molecular weight is 433 g/mol. The van der Waals surface area contributed by atoms with E-state index >= 15 is 0 Å². The largest absolute Gasteiger partial charge is 0.507 e. The molecule has 0 spiro atoms. The highest BCUT2D eigenvalue weighted by molar-refractivity contribution is 6.31.